The van der Waals surface area contributed by atoms with Gasteiger partial charge in [0.05, 0.1) is 4.88 Å². The second-order valence-corrected chi connectivity index (χ2v) is 8.30. The normalized spacial score (nSPS) is 17.7. The molecule has 3 heterocycles. The van der Waals surface area contributed by atoms with Crippen LogP contribution in [0.5, 0.6) is 0 Å². The highest BCUT2D eigenvalue weighted by Crippen LogP contribution is 2.28. The molecule has 1 saturated carbocycles. The summed E-state index contributed by atoms with van der Waals surface area (Å²) in [5.41, 5.74) is 0. The third-order valence-electron chi connectivity index (χ3n) is 5.23. The lowest BCUT2D eigenvalue weighted by atomic mass is 10.0. The predicted molar refractivity (Wildman–Crippen MR) is 108 cm³/mol. The van der Waals surface area contributed by atoms with Crippen molar-refractivity contribution in [3.63, 3.8) is 0 Å². The van der Waals surface area contributed by atoms with Crippen LogP contribution in [0.1, 0.15) is 44.4 Å². The maximum Gasteiger partial charge on any atom is 0.226 e. The molecule has 2 aromatic heterocycles. The summed E-state index contributed by atoms with van der Waals surface area (Å²) in [7, 11) is 0. The molecule has 0 radical (unpaired) electrons. The standard InChI is InChI=1S/C19H26N4O2S.ClH/c24-18(23-10-8-15(9-11-23)20-13-14-6-7-14)5-1-4-17-21-19(22-25-17)16-3-2-12-26-16;/h2-3,12,14-15,20H,1,4-11,13H2;1H. The largest absolute Gasteiger partial charge is 0.343 e. The molecule has 0 spiro atoms. The zero-order valence-electron chi connectivity index (χ0n) is 15.4. The number of nitrogens with one attached hydrogen (secondary N) is 1. The van der Waals surface area contributed by atoms with Gasteiger partial charge in [0.1, 0.15) is 0 Å². The first kappa shape index (κ1) is 20.3. The highest BCUT2D eigenvalue weighted by atomic mass is 35.5. The summed E-state index contributed by atoms with van der Waals surface area (Å²) in [6.07, 6.45) is 6.89. The Kier molecular flexibility index (Phi) is 7.26. The van der Waals surface area contributed by atoms with E-state index in [0.29, 0.717) is 30.6 Å². The van der Waals surface area contributed by atoms with E-state index in [-0.39, 0.29) is 18.3 Å². The van der Waals surface area contributed by atoms with Crippen LogP contribution in [0, 0.1) is 5.92 Å². The van der Waals surface area contributed by atoms with Crippen molar-refractivity contribution in [3.8, 4) is 10.7 Å². The summed E-state index contributed by atoms with van der Waals surface area (Å²) in [6.45, 7) is 2.92. The molecule has 0 atom stereocenters. The molecule has 148 valence electrons. The molecule has 8 heteroatoms. The number of aromatic nitrogens is 2. The predicted octanol–water partition coefficient (Wildman–Crippen LogP) is 3.53. The van der Waals surface area contributed by atoms with Gasteiger partial charge in [-0.15, -0.1) is 23.7 Å². The quantitative estimate of drug-likeness (QED) is 0.720. The Balaban J connectivity index is 0.00000210. The Morgan fingerprint density at radius 3 is 2.81 bits per heavy atom. The van der Waals surface area contributed by atoms with Crippen molar-refractivity contribution in [2.45, 2.75) is 51.0 Å². The first-order valence-corrected chi connectivity index (χ1v) is 10.5. The minimum Gasteiger partial charge on any atom is -0.343 e. The molecule has 1 N–H and O–H groups in total. The van der Waals surface area contributed by atoms with Crippen LogP contribution in [0.3, 0.4) is 0 Å². The van der Waals surface area contributed by atoms with Crippen LogP contribution < -0.4 is 5.32 Å². The zero-order valence-corrected chi connectivity index (χ0v) is 17.1. The summed E-state index contributed by atoms with van der Waals surface area (Å²) >= 11 is 1.59. The lowest BCUT2D eigenvalue weighted by Gasteiger charge is -2.32. The molecule has 2 aliphatic rings. The molecule has 1 aliphatic carbocycles. The van der Waals surface area contributed by atoms with Crippen molar-refractivity contribution in [1.29, 1.82) is 0 Å². The number of piperidine rings is 1. The Morgan fingerprint density at radius 2 is 2.11 bits per heavy atom. The van der Waals surface area contributed by atoms with E-state index in [0.717, 1.165) is 49.7 Å². The second-order valence-electron chi connectivity index (χ2n) is 7.35. The zero-order chi connectivity index (χ0) is 17.8. The highest BCUT2D eigenvalue weighted by molar-refractivity contribution is 7.13. The molecule has 2 aromatic rings. The third kappa shape index (κ3) is 5.77. The van der Waals surface area contributed by atoms with Gasteiger partial charge in [0.25, 0.3) is 0 Å². The fourth-order valence-electron chi connectivity index (χ4n) is 3.40. The number of hydrogen-bond acceptors (Lipinski definition) is 6. The van der Waals surface area contributed by atoms with E-state index in [1.165, 1.54) is 12.8 Å². The molecular weight excluding hydrogens is 384 g/mol. The average Bonchev–Trinajstić information content (AvgIpc) is 3.12. The number of carbonyl (C=O) groups is 1. The van der Waals surface area contributed by atoms with Gasteiger partial charge in [-0.2, -0.15) is 4.98 Å². The Bertz CT molecular complexity index is 709. The first-order chi connectivity index (χ1) is 12.8. The van der Waals surface area contributed by atoms with E-state index >= 15 is 0 Å². The maximum absolute atomic E-state index is 12.4. The Hall–Kier alpha value is -1.44. The van der Waals surface area contributed by atoms with Crippen LogP contribution in [0.2, 0.25) is 0 Å². The minimum atomic E-state index is 0. The SMILES string of the molecule is Cl.O=C(CCCc1nc(-c2cccs2)no1)N1CCC(NCC2CC2)CC1. The van der Waals surface area contributed by atoms with Crippen LogP contribution in [0.15, 0.2) is 22.0 Å². The third-order valence-corrected chi connectivity index (χ3v) is 6.10. The molecule has 1 saturated heterocycles. The molecule has 6 nitrogen and oxygen atoms in total. The van der Waals surface area contributed by atoms with Gasteiger partial charge in [-0.3, -0.25) is 4.79 Å². The summed E-state index contributed by atoms with van der Waals surface area (Å²) in [6, 6.07) is 4.54. The minimum absolute atomic E-state index is 0. The second kappa shape index (κ2) is 9.66. The van der Waals surface area contributed by atoms with Crippen molar-refractivity contribution in [2.24, 2.45) is 5.92 Å². The van der Waals surface area contributed by atoms with Gasteiger partial charge in [0, 0.05) is 32.0 Å². The molecular formula is C19H27ClN4O2S. The molecule has 0 bridgehead atoms. The molecule has 0 unspecified atom stereocenters. The van der Waals surface area contributed by atoms with Crippen LogP contribution in [0.4, 0.5) is 0 Å². The van der Waals surface area contributed by atoms with Crippen LogP contribution in [-0.4, -0.2) is 46.6 Å². The topological polar surface area (TPSA) is 71.3 Å². The number of amides is 1. The molecule has 1 aliphatic heterocycles. The number of carbonyl (C=O) groups excluding carboxylic acids is 1. The number of nitrogens with zero attached hydrogens (tertiary/aromatic N) is 3. The summed E-state index contributed by atoms with van der Waals surface area (Å²) in [5, 5.41) is 9.66. The van der Waals surface area contributed by atoms with Crippen LogP contribution in [0.25, 0.3) is 10.7 Å². The van der Waals surface area contributed by atoms with Crippen molar-refractivity contribution in [2.75, 3.05) is 19.6 Å². The fraction of sp³-hybridized carbons (Fsp3) is 0.632. The lowest BCUT2D eigenvalue weighted by Crippen LogP contribution is -2.45. The van der Waals surface area contributed by atoms with Crippen molar-refractivity contribution < 1.29 is 9.32 Å². The summed E-state index contributed by atoms with van der Waals surface area (Å²) < 4.78 is 5.29. The molecule has 0 aromatic carbocycles. The Morgan fingerprint density at radius 1 is 1.30 bits per heavy atom. The molecule has 4 rings (SSSR count). The number of likely N-dealkylation sites (tertiary alicyclic amines) is 1. The van der Waals surface area contributed by atoms with Crippen molar-refractivity contribution in [1.82, 2.24) is 20.4 Å². The van der Waals surface area contributed by atoms with Gasteiger partial charge in [-0.1, -0.05) is 11.2 Å². The monoisotopic (exact) mass is 410 g/mol. The average molecular weight is 411 g/mol. The van der Waals surface area contributed by atoms with Crippen LogP contribution in [-0.2, 0) is 11.2 Å². The van der Waals surface area contributed by atoms with Crippen molar-refractivity contribution in [3.05, 3.63) is 23.4 Å². The number of halogens is 1. The van der Waals surface area contributed by atoms with E-state index in [4.69, 9.17) is 4.52 Å². The van der Waals surface area contributed by atoms with E-state index in [1.807, 2.05) is 22.4 Å². The maximum atomic E-state index is 12.4. The van der Waals surface area contributed by atoms with E-state index < -0.39 is 0 Å². The van der Waals surface area contributed by atoms with E-state index in [9.17, 15) is 4.79 Å². The first-order valence-electron chi connectivity index (χ1n) is 9.65. The highest BCUT2D eigenvalue weighted by Gasteiger charge is 2.25. The van der Waals surface area contributed by atoms with E-state index in [2.05, 4.69) is 15.5 Å². The summed E-state index contributed by atoms with van der Waals surface area (Å²) in [4.78, 5) is 19.8. The van der Waals surface area contributed by atoms with Gasteiger partial charge in [-0.25, -0.2) is 0 Å². The van der Waals surface area contributed by atoms with Gasteiger partial charge in [-0.05, 0) is 56.0 Å². The van der Waals surface area contributed by atoms with E-state index in [1.54, 1.807) is 11.3 Å². The number of aryl methyl sites for hydroxylation is 1. The molecule has 27 heavy (non-hydrogen) atoms. The van der Waals surface area contributed by atoms with Gasteiger partial charge < -0.3 is 14.7 Å². The molecule has 1 amide bonds. The number of rotatable bonds is 8. The number of hydrogen-bond donors (Lipinski definition) is 1. The van der Waals surface area contributed by atoms with Crippen LogP contribution >= 0.6 is 23.7 Å². The summed E-state index contributed by atoms with van der Waals surface area (Å²) in [5.74, 6) is 2.43. The van der Waals surface area contributed by atoms with Crippen molar-refractivity contribution >= 4 is 29.7 Å². The Labute approximate surface area is 170 Å². The van der Waals surface area contributed by atoms with Gasteiger partial charge >= 0.3 is 0 Å². The smallest absolute Gasteiger partial charge is 0.226 e. The van der Waals surface area contributed by atoms with Gasteiger partial charge in [0.15, 0.2) is 0 Å². The fourth-order valence-corrected chi connectivity index (χ4v) is 4.05. The molecule has 2 fully saturated rings. The lowest BCUT2D eigenvalue weighted by molar-refractivity contribution is -0.132. The van der Waals surface area contributed by atoms with Gasteiger partial charge in [0.2, 0.25) is 17.6 Å². The number of thiophene rings is 1.